The number of halogens is 1. The van der Waals surface area contributed by atoms with E-state index in [0.717, 1.165) is 24.2 Å². The maximum atomic E-state index is 13.0. The molecule has 2 N–H and O–H groups in total. The van der Waals surface area contributed by atoms with E-state index in [0.29, 0.717) is 24.7 Å². The molecule has 0 unspecified atom stereocenters. The second-order valence-electron chi connectivity index (χ2n) is 6.10. The fraction of sp³-hybridized carbons (Fsp3) is 0.389. The van der Waals surface area contributed by atoms with Crippen molar-refractivity contribution < 1.29 is 9.18 Å². The molecule has 6 nitrogen and oxygen atoms in total. The third-order valence-corrected chi connectivity index (χ3v) is 4.29. The summed E-state index contributed by atoms with van der Waals surface area (Å²) in [7, 11) is 0. The Bertz CT molecular complexity index is 750. The molecule has 1 atom stereocenters. The van der Waals surface area contributed by atoms with E-state index < -0.39 is 0 Å². The lowest BCUT2D eigenvalue weighted by Crippen LogP contribution is -2.56. The van der Waals surface area contributed by atoms with Crippen molar-refractivity contribution in [3.63, 3.8) is 0 Å². The van der Waals surface area contributed by atoms with E-state index in [1.807, 2.05) is 18.0 Å². The van der Waals surface area contributed by atoms with Gasteiger partial charge in [-0.15, -0.1) is 0 Å². The molecule has 0 spiro atoms. The summed E-state index contributed by atoms with van der Waals surface area (Å²) in [6.45, 7) is 5.96. The summed E-state index contributed by atoms with van der Waals surface area (Å²) in [5, 5.41) is 6.01. The molecule has 1 amide bonds. The number of rotatable bonds is 4. The minimum absolute atomic E-state index is 0.154. The summed E-state index contributed by atoms with van der Waals surface area (Å²) in [6, 6.07) is 5.36. The van der Waals surface area contributed by atoms with Gasteiger partial charge in [0.05, 0.1) is 0 Å². The van der Waals surface area contributed by atoms with Crippen LogP contribution in [-0.2, 0) is 11.2 Å². The highest BCUT2D eigenvalue weighted by atomic mass is 19.1. The lowest BCUT2D eigenvalue weighted by Gasteiger charge is -2.33. The Morgan fingerprint density at radius 1 is 1.40 bits per heavy atom. The topological polar surface area (TPSA) is 70.2 Å². The SMILES string of the molecule is CCc1nc(N2CCN[C@@H](C(=O)Nc3ccc(F)cc3)C2)ncc1C. The Kier molecular flexibility index (Phi) is 5.23. The molecule has 0 aliphatic carbocycles. The van der Waals surface area contributed by atoms with Crippen molar-refractivity contribution in [3.8, 4) is 0 Å². The zero-order chi connectivity index (χ0) is 17.8. The first-order chi connectivity index (χ1) is 12.1. The maximum absolute atomic E-state index is 13.0. The van der Waals surface area contributed by atoms with Gasteiger partial charge in [0.25, 0.3) is 0 Å². The Hall–Kier alpha value is -2.54. The quantitative estimate of drug-likeness (QED) is 0.887. The van der Waals surface area contributed by atoms with E-state index in [1.54, 1.807) is 12.1 Å². The number of aromatic nitrogens is 2. The molecule has 1 aliphatic rings. The third-order valence-electron chi connectivity index (χ3n) is 4.29. The van der Waals surface area contributed by atoms with Crippen molar-refractivity contribution >= 4 is 17.5 Å². The molecular formula is C18H22FN5O. The molecule has 0 radical (unpaired) electrons. The summed E-state index contributed by atoms with van der Waals surface area (Å²) >= 11 is 0. The molecule has 3 rings (SSSR count). The van der Waals surface area contributed by atoms with E-state index >= 15 is 0 Å². The van der Waals surface area contributed by atoms with Crippen LogP contribution in [0.3, 0.4) is 0 Å². The van der Waals surface area contributed by atoms with E-state index in [4.69, 9.17) is 0 Å². The highest BCUT2D eigenvalue weighted by Crippen LogP contribution is 2.15. The number of nitrogens with one attached hydrogen (secondary N) is 2. The van der Waals surface area contributed by atoms with Gasteiger partial charge in [0.2, 0.25) is 11.9 Å². The van der Waals surface area contributed by atoms with Crippen LogP contribution in [0.15, 0.2) is 30.5 Å². The van der Waals surface area contributed by atoms with Crippen LogP contribution in [0.2, 0.25) is 0 Å². The van der Waals surface area contributed by atoms with Gasteiger partial charge in [-0.25, -0.2) is 14.4 Å². The molecule has 0 saturated carbocycles. The van der Waals surface area contributed by atoms with Crippen molar-refractivity contribution in [3.05, 3.63) is 47.5 Å². The maximum Gasteiger partial charge on any atom is 0.243 e. The molecule has 7 heteroatoms. The van der Waals surface area contributed by atoms with Gasteiger partial charge < -0.3 is 15.5 Å². The summed E-state index contributed by atoms with van der Waals surface area (Å²) in [5.41, 5.74) is 2.67. The number of aryl methyl sites for hydroxylation is 2. The lowest BCUT2D eigenvalue weighted by atomic mass is 10.2. The van der Waals surface area contributed by atoms with Gasteiger partial charge in [0.15, 0.2) is 0 Å². The zero-order valence-corrected chi connectivity index (χ0v) is 14.4. The largest absolute Gasteiger partial charge is 0.337 e. The molecule has 1 saturated heterocycles. The molecule has 2 aromatic rings. The van der Waals surface area contributed by atoms with Crippen LogP contribution >= 0.6 is 0 Å². The molecule has 0 bridgehead atoms. The van der Waals surface area contributed by atoms with Crippen LogP contribution in [0, 0.1) is 12.7 Å². The van der Waals surface area contributed by atoms with Crippen LogP contribution < -0.4 is 15.5 Å². The smallest absolute Gasteiger partial charge is 0.243 e. The lowest BCUT2D eigenvalue weighted by molar-refractivity contribution is -0.118. The van der Waals surface area contributed by atoms with E-state index in [2.05, 4.69) is 27.5 Å². The van der Waals surface area contributed by atoms with Crippen LogP contribution in [0.4, 0.5) is 16.0 Å². The van der Waals surface area contributed by atoms with Gasteiger partial charge in [-0.05, 0) is 43.2 Å². The number of carbonyl (C=O) groups excluding carboxylic acids is 1. The Morgan fingerprint density at radius 3 is 2.88 bits per heavy atom. The summed E-state index contributed by atoms with van der Waals surface area (Å²) < 4.78 is 13.0. The fourth-order valence-corrected chi connectivity index (χ4v) is 2.85. The van der Waals surface area contributed by atoms with Gasteiger partial charge in [-0.2, -0.15) is 0 Å². The molecular weight excluding hydrogens is 321 g/mol. The van der Waals surface area contributed by atoms with Crippen molar-refractivity contribution in [1.82, 2.24) is 15.3 Å². The van der Waals surface area contributed by atoms with E-state index in [9.17, 15) is 9.18 Å². The van der Waals surface area contributed by atoms with Gasteiger partial charge >= 0.3 is 0 Å². The monoisotopic (exact) mass is 343 g/mol. The minimum atomic E-state index is -0.381. The molecule has 2 heterocycles. The van der Waals surface area contributed by atoms with Gasteiger partial charge in [-0.3, -0.25) is 4.79 Å². The number of carbonyl (C=O) groups is 1. The Morgan fingerprint density at radius 2 is 2.16 bits per heavy atom. The number of benzene rings is 1. The number of piperazine rings is 1. The van der Waals surface area contributed by atoms with Gasteiger partial charge in [0, 0.05) is 37.2 Å². The Balaban J connectivity index is 1.68. The predicted octanol–water partition coefficient (Wildman–Crippen LogP) is 1.90. The molecule has 25 heavy (non-hydrogen) atoms. The first-order valence-electron chi connectivity index (χ1n) is 8.44. The van der Waals surface area contributed by atoms with Crippen LogP contribution in [0.5, 0.6) is 0 Å². The molecule has 1 aromatic carbocycles. The molecule has 1 fully saturated rings. The summed E-state index contributed by atoms with van der Waals surface area (Å²) in [4.78, 5) is 23.5. The summed E-state index contributed by atoms with van der Waals surface area (Å²) in [5.74, 6) is 0.172. The normalized spacial score (nSPS) is 17.4. The van der Waals surface area contributed by atoms with Crippen LogP contribution in [0.1, 0.15) is 18.2 Å². The van der Waals surface area contributed by atoms with Gasteiger partial charge in [-0.1, -0.05) is 6.92 Å². The highest BCUT2D eigenvalue weighted by molar-refractivity contribution is 5.95. The van der Waals surface area contributed by atoms with Crippen molar-refractivity contribution in [2.24, 2.45) is 0 Å². The number of hydrogen-bond acceptors (Lipinski definition) is 5. The number of hydrogen-bond donors (Lipinski definition) is 2. The number of nitrogens with zero attached hydrogens (tertiary/aromatic N) is 3. The Labute approximate surface area is 146 Å². The second kappa shape index (κ2) is 7.57. The third kappa shape index (κ3) is 4.11. The average Bonchev–Trinajstić information content (AvgIpc) is 2.64. The number of anilines is 2. The van der Waals surface area contributed by atoms with Crippen LogP contribution in [0.25, 0.3) is 0 Å². The van der Waals surface area contributed by atoms with Crippen molar-refractivity contribution in [2.75, 3.05) is 29.9 Å². The predicted molar refractivity (Wildman–Crippen MR) is 95.2 cm³/mol. The number of amides is 1. The van der Waals surface area contributed by atoms with E-state index in [1.165, 1.54) is 12.1 Å². The van der Waals surface area contributed by atoms with Crippen LogP contribution in [-0.4, -0.2) is 41.6 Å². The average molecular weight is 343 g/mol. The van der Waals surface area contributed by atoms with Crippen molar-refractivity contribution in [2.45, 2.75) is 26.3 Å². The van der Waals surface area contributed by atoms with Gasteiger partial charge in [0.1, 0.15) is 11.9 Å². The molecule has 1 aliphatic heterocycles. The highest BCUT2D eigenvalue weighted by Gasteiger charge is 2.27. The standard InChI is InChI=1S/C18H22FN5O/c1-3-15-12(2)10-21-18(23-15)24-9-8-20-16(11-24)17(25)22-14-6-4-13(19)5-7-14/h4-7,10,16,20H,3,8-9,11H2,1-2H3,(H,22,25)/t16-/m1/s1. The summed E-state index contributed by atoms with van der Waals surface area (Å²) in [6.07, 6.45) is 2.68. The second-order valence-corrected chi connectivity index (χ2v) is 6.10. The van der Waals surface area contributed by atoms with Crippen molar-refractivity contribution in [1.29, 1.82) is 0 Å². The fourth-order valence-electron chi connectivity index (χ4n) is 2.85. The zero-order valence-electron chi connectivity index (χ0n) is 14.4. The van der Waals surface area contributed by atoms with E-state index in [-0.39, 0.29) is 17.8 Å². The minimum Gasteiger partial charge on any atom is -0.337 e. The molecule has 1 aromatic heterocycles. The molecule has 132 valence electrons. The first-order valence-corrected chi connectivity index (χ1v) is 8.44. The first kappa shape index (κ1) is 17.3.